The third-order valence-electron chi connectivity index (χ3n) is 3.41. The maximum Gasteiger partial charge on any atom is 0.236 e. The third kappa shape index (κ3) is 2.74. The Labute approximate surface area is 116 Å². The second-order valence-corrected chi connectivity index (χ2v) is 5.41. The number of amides is 1. The maximum atomic E-state index is 11.8. The standard InChI is InChI=1S/C13H18BrN3O/c1-16-6-7-17(9-13(16)18)12(8-15)10-4-2-3-5-11(10)14/h2-5,12H,6-9,15H2,1H3. The molecule has 1 aliphatic heterocycles. The number of carbonyl (C=O) groups excluding carboxylic acids is 1. The van der Waals surface area contributed by atoms with Crippen molar-refractivity contribution < 1.29 is 4.79 Å². The molecule has 0 bridgehead atoms. The van der Waals surface area contributed by atoms with Gasteiger partial charge in [0.25, 0.3) is 0 Å². The van der Waals surface area contributed by atoms with E-state index in [4.69, 9.17) is 5.73 Å². The fraction of sp³-hybridized carbons (Fsp3) is 0.462. The van der Waals surface area contributed by atoms with Gasteiger partial charge in [-0.2, -0.15) is 0 Å². The molecule has 0 saturated carbocycles. The Kier molecular flexibility index (Phi) is 4.37. The molecule has 0 radical (unpaired) electrons. The highest BCUT2D eigenvalue weighted by molar-refractivity contribution is 9.10. The number of hydrogen-bond donors (Lipinski definition) is 1. The van der Waals surface area contributed by atoms with Gasteiger partial charge >= 0.3 is 0 Å². The van der Waals surface area contributed by atoms with Gasteiger partial charge in [0.1, 0.15) is 0 Å². The summed E-state index contributed by atoms with van der Waals surface area (Å²) in [6, 6.07) is 8.15. The van der Waals surface area contributed by atoms with Crippen molar-refractivity contribution in [3.8, 4) is 0 Å². The van der Waals surface area contributed by atoms with Crippen LogP contribution in [0.5, 0.6) is 0 Å². The van der Waals surface area contributed by atoms with Crippen LogP contribution in [0, 0.1) is 0 Å². The molecule has 5 heteroatoms. The van der Waals surface area contributed by atoms with E-state index in [1.807, 2.05) is 25.2 Å². The van der Waals surface area contributed by atoms with Crippen LogP contribution >= 0.6 is 15.9 Å². The minimum Gasteiger partial charge on any atom is -0.343 e. The summed E-state index contributed by atoms with van der Waals surface area (Å²) in [4.78, 5) is 15.7. The molecule has 98 valence electrons. The fourth-order valence-electron chi connectivity index (χ4n) is 2.26. The van der Waals surface area contributed by atoms with Crippen LogP contribution in [0.3, 0.4) is 0 Å². The summed E-state index contributed by atoms with van der Waals surface area (Å²) >= 11 is 3.55. The quantitative estimate of drug-likeness (QED) is 0.913. The highest BCUT2D eigenvalue weighted by atomic mass is 79.9. The third-order valence-corrected chi connectivity index (χ3v) is 4.14. The van der Waals surface area contributed by atoms with Gasteiger partial charge in [-0.15, -0.1) is 0 Å². The topological polar surface area (TPSA) is 49.6 Å². The maximum absolute atomic E-state index is 11.8. The summed E-state index contributed by atoms with van der Waals surface area (Å²) in [6.07, 6.45) is 0. The van der Waals surface area contributed by atoms with Gasteiger partial charge in [0, 0.05) is 37.2 Å². The number of nitrogens with zero attached hydrogens (tertiary/aromatic N) is 2. The van der Waals surface area contributed by atoms with Gasteiger partial charge in [-0.25, -0.2) is 0 Å². The normalized spacial score (nSPS) is 19.1. The summed E-state index contributed by atoms with van der Waals surface area (Å²) in [5.74, 6) is 0.159. The number of piperazine rings is 1. The Balaban J connectivity index is 2.19. The summed E-state index contributed by atoms with van der Waals surface area (Å²) < 4.78 is 1.05. The molecule has 2 rings (SSSR count). The molecule has 1 atom stereocenters. The van der Waals surface area contributed by atoms with E-state index in [1.165, 1.54) is 0 Å². The largest absolute Gasteiger partial charge is 0.343 e. The lowest BCUT2D eigenvalue weighted by Crippen LogP contribution is -2.50. The molecule has 1 heterocycles. The first-order valence-corrected chi connectivity index (χ1v) is 6.85. The fourth-order valence-corrected chi connectivity index (χ4v) is 2.81. The molecule has 1 aromatic carbocycles. The first-order chi connectivity index (χ1) is 8.63. The molecule has 0 spiro atoms. The molecule has 2 N–H and O–H groups in total. The predicted molar refractivity (Wildman–Crippen MR) is 75.1 cm³/mol. The zero-order valence-corrected chi connectivity index (χ0v) is 12.1. The van der Waals surface area contributed by atoms with Crippen LogP contribution in [0.25, 0.3) is 0 Å². The Morgan fingerprint density at radius 1 is 1.39 bits per heavy atom. The van der Waals surface area contributed by atoms with Gasteiger partial charge in [0.05, 0.1) is 6.54 Å². The van der Waals surface area contributed by atoms with Gasteiger partial charge < -0.3 is 10.6 Å². The van der Waals surface area contributed by atoms with E-state index in [2.05, 4.69) is 26.9 Å². The molecular weight excluding hydrogens is 294 g/mol. The van der Waals surface area contributed by atoms with E-state index in [9.17, 15) is 4.79 Å². The summed E-state index contributed by atoms with van der Waals surface area (Å²) in [5, 5.41) is 0. The van der Waals surface area contributed by atoms with Crippen molar-refractivity contribution in [2.75, 3.05) is 33.2 Å². The zero-order chi connectivity index (χ0) is 13.1. The molecule has 1 fully saturated rings. The average molecular weight is 312 g/mol. The minimum absolute atomic E-state index is 0.0956. The first kappa shape index (κ1) is 13.5. The lowest BCUT2D eigenvalue weighted by Gasteiger charge is -2.37. The van der Waals surface area contributed by atoms with Gasteiger partial charge in [-0.05, 0) is 11.6 Å². The van der Waals surface area contributed by atoms with Crippen molar-refractivity contribution in [1.82, 2.24) is 9.80 Å². The Hall–Kier alpha value is -0.910. The summed E-state index contributed by atoms with van der Waals surface area (Å²) in [7, 11) is 1.84. The van der Waals surface area contributed by atoms with Crippen LogP contribution < -0.4 is 5.73 Å². The van der Waals surface area contributed by atoms with Gasteiger partial charge in [-0.3, -0.25) is 9.69 Å². The number of rotatable bonds is 3. The van der Waals surface area contributed by atoms with Crippen LogP contribution in [-0.4, -0.2) is 48.9 Å². The smallest absolute Gasteiger partial charge is 0.236 e. The van der Waals surface area contributed by atoms with Crippen molar-refractivity contribution >= 4 is 21.8 Å². The number of hydrogen-bond acceptors (Lipinski definition) is 3. The molecule has 1 saturated heterocycles. The monoisotopic (exact) mass is 311 g/mol. The molecule has 1 aromatic rings. The van der Waals surface area contributed by atoms with E-state index in [1.54, 1.807) is 4.90 Å². The zero-order valence-electron chi connectivity index (χ0n) is 10.5. The minimum atomic E-state index is 0.0956. The van der Waals surface area contributed by atoms with Crippen LogP contribution in [0.1, 0.15) is 11.6 Å². The second kappa shape index (κ2) is 5.82. The summed E-state index contributed by atoms with van der Waals surface area (Å²) in [6.45, 7) is 2.59. The molecule has 1 unspecified atom stereocenters. The van der Waals surface area contributed by atoms with Crippen LogP contribution in [0.15, 0.2) is 28.7 Å². The number of benzene rings is 1. The SMILES string of the molecule is CN1CCN(C(CN)c2ccccc2Br)CC1=O. The van der Waals surface area contributed by atoms with Crippen molar-refractivity contribution in [1.29, 1.82) is 0 Å². The van der Waals surface area contributed by atoms with Gasteiger partial charge in [0.2, 0.25) is 5.91 Å². The number of nitrogens with two attached hydrogens (primary N) is 1. The van der Waals surface area contributed by atoms with Crippen molar-refractivity contribution in [3.63, 3.8) is 0 Å². The molecule has 4 nitrogen and oxygen atoms in total. The van der Waals surface area contributed by atoms with Crippen molar-refractivity contribution in [2.24, 2.45) is 5.73 Å². The molecule has 1 amide bonds. The molecular formula is C13H18BrN3O. The van der Waals surface area contributed by atoms with Crippen molar-refractivity contribution in [2.45, 2.75) is 6.04 Å². The van der Waals surface area contributed by atoms with E-state index in [0.29, 0.717) is 13.1 Å². The van der Waals surface area contributed by atoms with Crippen LogP contribution in [0.4, 0.5) is 0 Å². The molecule has 18 heavy (non-hydrogen) atoms. The van der Waals surface area contributed by atoms with E-state index in [-0.39, 0.29) is 11.9 Å². The first-order valence-electron chi connectivity index (χ1n) is 6.06. The van der Waals surface area contributed by atoms with E-state index >= 15 is 0 Å². The van der Waals surface area contributed by atoms with Crippen molar-refractivity contribution in [3.05, 3.63) is 34.3 Å². The average Bonchev–Trinajstić information content (AvgIpc) is 2.37. The molecule has 0 aliphatic carbocycles. The molecule has 1 aliphatic rings. The number of carbonyl (C=O) groups is 1. The highest BCUT2D eigenvalue weighted by Crippen LogP contribution is 2.27. The van der Waals surface area contributed by atoms with Crippen LogP contribution in [-0.2, 0) is 4.79 Å². The lowest BCUT2D eigenvalue weighted by molar-refractivity contribution is -0.135. The van der Waals surface area contributed by atoms with Gasteiger partial charge in [-0.1, -0.05) is 34.1 Å². The highest BCUT2D eigenvalue weighted by Gasteiger charge is 2.27. The van der Waals surface area contributed by atoms with Gasteiger partial charge in [0.15, 0.2) is 0 Å². The number of likely N-dealkylation sites (N-methyl/N-ethyl adjacent to an activating group) is 1. The lowest BCUT2D eigenvalue weighted by atomic mass is 10.0. The Morgan fingerprint density at radius 3 is 2.72 bits per heavy atom. The predicted octanol–water partition coefficient (Wildman–Crippen LogP) is 1.22. The molecule has 0 aromatic heterocycles. The van der Waals surface area contributed by atoms with E-state index in [0.717, 1.165) is 23.1 Å². The number of halogens is 1. The Morgan fingerprint density at radius 2 is 2.11 bits per heavy atom. The van der Waals surface area contributed by atoms with E-state index < -0.39 is 0 Å². The Bertz CT molecular complexity index is 438. The van der Waals surface area contributed by atoms with Crippen LogP contribution in [0.2, 0.25) is 0 Å². The second-order valence-electron chi connectivity index (χ2n) is 4.56. The summed E-state index contributed by atoms with van der Waals surface area (Å²) in [5.41, 5.74) is 7.05.